The van der Waals surface area contributed by atoms with Crippen LogP contribution in [-0.4, -0.2) is 36.3 Å². The zero-order valence-corrected chi connectivity index (χ0v) is 12.3. The molecule has 0 radical (unpaired) electrons. The highest BCUT2D eigenvalue weighted by molar-refractivity contribution is 6.30. The zero-order valence-electron chi connectivity index (χ0n) is 11.5. The van der Waals surface area contributed by atoms with E-state index in [0.717, 1.165) is 18.7 Å². The number of nitrogens with zero attached hydrogens (tertiary/aromatic N) is 3. The number of ether oxygens (including phenoxy) is 2. The average molecular weight is 306 g/mol. The van der Waals surface area contributed by atoms with Gasteiger partial charge in [0.25, 0.3) is 0 Å². The molecule has 0 saturated carbocycles. The van der Waals surface area contributed by atoms with E-state index in [1.54, 1.807) is 6.20 Å². The maximum atomic E-state index is 6.18. The number of morpholine rings is 1. The number of hydrogen-bond acceptors (Lipinski definition) is 5. The minimum absolute atomic E-state index is 0.336. The lowest BCUT2D eigenvalue weighted by atomic mass is 10.2. The van der Waals surface area contributed by atoms with Crippen molar-refractivity contribution in [3.63, 3.8) is 0 Å². The van der Waals surface area contributed by atoms with Gasteiger partial charge >= 0.3 is 0 Å². The largest absolute Gasteiger partial charge is 0.484 e. The van der Waals surface area contributed by atoms with Gasteiger partial charge in [0.2, 0.25) is 5.95 Å². The molecule has 2 heterocycles. The van der Waals surface area contributed by atoms with E-state index in [1.165, 1.54) is 0 Å². The zero-order chi connectivity index (χ0) is 14.5. The molecule has 0 atom stereocenters. The first-order valence-corrected chi connectivity index (χ1v) is 7.23. The van der Waals surface area contributed by atoms with Crippen LogP contribution >= 0.6 is 11.6 Å². The lowest BCUT2D eigenvalue weighted by Crippen LogP contribution is -2.37. The topological polar surface area (TPSA) is 47.5 Å². The first-order chi connectivity index (χ1) is 10.3. The summed E-state index contributed by atoms with van der Waals surface area (Å²) in [5.41, 5.74) is 1.07. The second-order valence-electron chi connectivity index (χ2n) is 4.70. The van der Waals surface area contributed by atoms with Crippen molar-refractivity contribution < 1.29 is 9.47 Å². The molecule has 1 aliphatic rings. The van der Waals surface area contributed by atoms with Gasteiger partial charge in [-0.3, -0.25) is 0 Å². The molecular weight excluding hydrogens is 290 g/mol. The molecular formula is C15H16ClN3O2. The van der Waals surface area contributed by atoms with Crippen LogP contribution in [0, 0.1) is 0 Å². The van der Waals surface area contributed by atoms with Gasteiger partial charge in [0.15, 0.2) is 10.9 Å². The summed E-state index contributed by atoms with van der Waals surface area (Å²) in [5, 5.41) is 0.336. The summed E-state index contributed by atoms with van der Waals surface area (Å²) in [4.78, 5) is 10.7. The quantitative estimate of drug-likeness (QED) is 0.812. The van der Waals surface area contributed by atoms with E-state index >= 15 is 0 Å². The highest BCUT2D eigenvalue weighted by Gasteiger charge is 2.15. The van der Waals surface area contributed by atoms with E-state index in [4.69, 9.17) is 21.1 Å². The molecule has 0 amide bonds. The normalized spacial score (nSPS) is 15.0. The Morgan fingerprint density at radius 1 is 1.19 bits per heavy atom. The number of rotatable bonds is 4. The lowest BCUT2D eigenvalue weighted by molar-refractivity contribution is 0.122. The third-order valence-electron chi connectivity index (χ3n) is 3.23. The smallest absolute Gasteiger partial charge is 0.227 e. The molecule has 0 aliphatic carbocycles. The van der Waals surface area contributed by atoms with Gasteiger partial charge in [-0.05, 0) is 5.56 Å². The van der Waals surface area contributed by atoms with Crippen molar-refractivity contribution >= 4 is 17.5 Å². The van der Waals surface area contributed by atoms with Gasteiger partial charge in [0.1, 0.15) is 6.61 Å². The summed E-state index contributed by atoms with van der Waals surface area (Å²) < 4.78 is 11.0. The van der Waals surface area contributed by atoms with Crippen LogP contribution in [0.15, 0.2) is 36.5 Å². The first kappa shape index (κ1) is 14.1. The Morgan fingerprint density at radius 3 is 2.67 bits per heavy atom. The Kier molecular flexibility index (Phi) is 4.52. The molecule has 21 heavy (non-hydrogen) atoms. The van der Waals surface area contributed by atoms with Gasteiger partial charge in [-0.25, -0.2) is 4.98 Å². The fraction of sp³-hybridized carbons (Fsp3) is 0.333. The van der Waals surface area contributed by atoms with E-state index in [0.29, 0.717) is 36.7 Å². The molecule has 0 spiro atoms. The molecule has 6 heteroatoms. The summed E-state index contributed by atoms with van der Waals surface area (Å²) in [5.74, 6) is 1.12. The Labute approximate surface area is 128 Å². The van der Waals surface area contributed by atoms with Crippen molar-refractivity contribution in [1.82, 2.24) is 9.97 Å². The number of benzene rings is 1. The summed E-state index contributed by atoms with van der Waals surface area (Å²) in [6.45, 7) is 3.38. The van der Waals surface area contributed by atoms with Crippen LogP contribution in [0.1, 0.15) is 5.56 Å². The summed E-state index contributed by atoms with van der Waals surface area (Å²) in [6, 6.07) is 9.90. The van der Waals surface area contributed by atoms with Crippen LogP contribution in [0.5, 0.6) is 5.75 Å². The predicted molar refractivity (Wildman–Crippen MR) is 80.8 cm³/mol. The minimum atomic E-state index is 0.336. The highest BCUT2D eigenvalue weighted by Crippen LogP contribution is 2.24. The van der Waals surface area contributed by atoms with E-state index in [9.17, 15) is 0 Å². The highest BCUT2D eigenvalue weighted by atomic mass is 35.5. The SMILES string of the molecule is Clc1nc(N2CCOCC2)ncc1OCc1ccccc1. The van der Waals surface area contributed by atoms with Gasteiger partial charge in [-0.2, -0.15) is 4.98 Å². The van der Waals surface area contributed by atoms with E-state index in [2.05, 4.69) is 14.9 Å². The van der Waals surface area contributed by atoms with Gasteiger partial charge < -0.3 is 14.4 Å². The lowest BCUT2D eigenvalue weighted by Gasteiger charge is -2.26. The Morgan fingerprint density at radius 2 is 1.95 bits per heavy atom. The maximum Gasteiger partial charge on any atom is 0.227 e. The summed E-state index contributed by atoms with van der Waals surface area (Å²) >= 11 is 6.18. The minimum Gasteiger partial charge on any atom is -0.484 e. The van der Waals surface area contributed by atoms with Gasteiger partial charge in [0.05, 0.1) is 19.4 Å². The number of aromatic nitrogens is 2. The maximum absolute atomic E-state index is 6.18. The van der Waals surface area contributed by atoms with Crippen molar-refractivity contribution in [2.24, 2.45) is 0 Å². The Balaban J connectivity index is 1.66. The molecule has 0 bridgehead atoms. The molecule has 1 fully saturated rings. The van der Waals surface area contributed by atoms with Crippen molar-refractivity contribution in [2.45, 2.75) is 6.61 Å². The molecule has 0 N–H and O–H groups in total. The molecule has 1 aromatic carbocycles. The fourth-order valence-electron chi connectivity index (χ4n) is 2.09. The van der Waals surface area contributed by atoms with Crippen molar-refractivity contribution in [1.29, 1.82) is 0 Å². The van der Waals surface area contributed by atoms with Gasteiger partial charge in [-0.15, -0.1) is 0 Å². The van der Waals surface area contributed by atoms with Gasteiger partial charge in [0, 0.05) is 13.1 Å². The fourth-order valence-corrected chi connectivity index (χ4v) is 2.27. The molecule has 1 aromatic heterocycles. The van der Waals surface area contributed by atoms with Crippen molar-refractivity contribution in [3.8, 4) is 5.75 Å². The van der Waals surface area contributed by atoms with E-state index in [1.807, 2.05) is 30.3 Å². The first-order valence-electron chi connectivity index (χ1n) is 6.85. The van der Waals surface area contributed by atoms with Gasteiger partial charge in [-0.1, -0.05) is 41.9 Å². The van der Waals surface area contributed by atoms with Crippen LogP contribution in [0.4, 0.5) is 5.95 Å². The molecule has 1 saturated heterocycles. The van der Waals surface area contributed by atoms with Crippen LogP contribution < -0.4 is 9.64 Å². The van der Waals surface area contributed by atoms with Crippen LogP contribution in [0.25, 0.3) is 0 Å². The van der Waals surface area contributed by atoms with Crippen molar-refractivity contribution in [3.05, 3.63) is 47.2 Å². The van der Waals surface area contributed by atoms with Crippen LogP contribution in [0.2, 0.25) is 5.15 Å². The van der Waals surface area contributed by atoms with Crippen LogP contribution in [0.3, 0.4) is 0 Å². The number of hydrogen-bond donors (Lipinski definition) is 0. The molecule has 2 aromatic rings. The molecule has 3 rings (SSSR count). The van der Waals surface area contributed by atoms with Crippen molar-refractivity contribution in [2.75, 3.05) is 31.2 Å². The second-order valence-corrected chi connectivity index (χ2v) is 5.06. The third kappa shape index (κ3) is 3.62. The average Bonchev–Trinajstić information content (AvgIpc) is 2.55. The number of halogens is 1. The predicted octanol–water partition coefficient (Wildman–Crippen LogP) is 2.55. The monoisotopic (exact) mass is 305 g/mol. The summed E-state index contributed by atoms with van der Waals surface area (Å²) in [6.07, 6.45) is 1.63. The van der Waals surface area contributed by atoms with E-state index < -0.39 is 0 Å². The number of anilines is 1. The van der Waals surface area contributed by atoms with Crippen LogP contribution in [-0.2, 0) is 11.3 Å². The Hall–Kier alpha value is -1.85. The molecule has 1 aliphatic heterocycles. The standard InChI is InChI=1S/C15H16ClN3O2/c16-14-13(21-11-12-4-2-1-3-5-12)10-17-15(18-14)19-6-8-20-9-7-19/h1-5,10H,6-9,11H2. The molecule has 5 nitrogen and oxygen atoms in total. The summed E-state index contributed by atoms with van der Waals surface area (Å²) in [7, 11) is 0. The molecule has 110 valence electrons. The molecule has 0 unspecified atom stereocenters. The third-order valence-corrected chi connectivity index (χ3v) is 3.50. The van der Waals surface area contributed by atoms with E-state index in [-0.39, 0.29) is 0 Å². The second kappa shape index (κ2) is 6.74. The Bertz CT molecular complexity index is 589.